The van der Waals surface area contributed by atoms with Gasteiger partial charge in [0, 0.05) is 25.2 Å². The molecule has 3 unspecified atom stereocenters. The fourth-order valence-electron chi connectivity index (χ4n) is 2.27. The van der Waals surface area contributed by atoms with E-state index in [4.69, 9.17) is 5.73 Å². The average Bonchev–Trinajstić information content (AvgIpc) is 2.29. The molecule has 0 spiro atoms. The summed E-state index contributed by atoms with van der Waals surface area (Å²) in [5.41, 5.74) is 6.24. The van der Waals surface area contributed by atoms with E-state index in [0.717, 1.165) is 18.5 Å². The van der Waals surface area contributed by atoms with Gasteiger partial charge >= 0.3 is 0 Å². The smallest absolute Gasteiger partial charge is 0.00739 e. The first kappa shape index (κ1) is 12.0. The lowest BCUT2D eigenvalue weighted by atomic mass is 9.85. The van der Waals surface area contributed by atoms with Crippen molar-refractivity contribution < 1.29 is 0 Å². The summed E-state index contributed by atoms with van der Waals surface area (Å²) >= 11 is 0. The van der Waals surface area contributed by atoms with E-state index in [1.165, 1.54) is 13.0 Å². The van der Waals surface area contributed by atoms with E-state index in [1.54, 1.807) is 0 Å². The van der Waals surface area contributed by atoms with Crippen molar-refractivity contribution in [1.82, 2.24) is 4.90 Å². The van der Waals surface area contributed by atoms with Crippen LogP contribution in [0.1, 0.15) is 41.0 Å². The minimum Gasteiger partial charge on any atom is -0.327 e. The molecule has 0 bridgehead atoms. The summed E-state index contributed by atoms with van der Waals surface area (Å²) in [6.07, 6.45) is 1.34. The van der Waals surface area contributed by atoms with Gasteiger partial charge in [-0.3, -0.25) is 4.90 Å². The Morgan fingerprint density at radius 2 is 2.00 bits per heavy atom. The molecule has 14 heavy (non-hydrogen) atoms. The third-order valence-corrected chi connectivity index (χ3v) is 3.76. The van der Waals surface area contributed by atoms with Crippen LogP contribution < -0.4 is 5.73 Å². The Kier molecular flexibility index (Phi) is 3.59. The van der Waals surface area contributed by atoms with Crippen molar-refractivity contribution in [2.45, 2.75) is 53.1 Å². The van der Waals surface area contributed by atoms with Crippen molar-refractivity contribution in [3.63, 3.8) is 0 Å². The first-order valence-electron chi connectivity index (χ1n) is 5.82. The summed E-state index contributed by atoms with van der Waals surface area (Å²) in [6, 6.07) is 1.01. The number of hydrogen-bond acceptors (Lipinski definition) is 2. The first-order valence-corrected chi connectivity index (χ1v) is 5.82. The number of likely N-dealkylation sites (tertiary alicyclic amines) is 1. The maximum atomic E-state index is 6.00. The fraction of sp³-hybridized carbons (Fsp3) is 1.00. The molecule has 1 saturated heterocycles. The minimum absolute atomic E-state index is 0.234. The molecule has 84 valence electrons. The van der Waals surface area contributed by atoms with Gasteiger partial charge < -0.3 is 5.73 Å². The SMILES string of the molecule is CC1CC(C)N(CC(C)(C)C(C)N)C1. The fourth-order valence-corrected chi connectivity index (χ4v) is 2.27. The molecule has 1 rings (SSSR count). The highest BCUT2D eigenvalue weighted by Gasteiger charge is 2.32. The Hall–Kier alpha value is -0.0800. The summed E-state index contributed by atoms with van der Waals surface area (Å²) < 4.78 is 0. The molecule has 2 N–H and O–H groups in total. The van der Waals surface area contributed by atoms with E-state index in [9.17, 15) is 0 Å². The predicted molar refractivity (Wildman–Crippen MR) is 62.2 cm³/mol. The van der Waals surface area contributed by atoms with Crippen LogP contribution in [-0.4, -0.2) is 30.1 Å². The van der Waals surface area contributed by atoms with Crippen molar-refractivity contribution >= 4 is 0 Å². The molecule has 2 heteroatoms. The van der Waals surface area contributed by atoms with Crippen LogP contribution in [0.2, 0.25) is 0 Å². The van der Waals surface area contributed by atoms with E-state index in [-0.39, 0.29) is 11.5 Å². The molecular weight excluding hydrogens is 172 g/mol. The number of rotatable bonds is 3. The standard InChI is InChI=1S/C12H26N2/c1-9-6-10(2)14(7-9)8-12(4,5)11(3)13/h9-11H,6-8,13H2,1-5H3. The second kappa shape index (κ2) is 4.19. The van der Waals surface area contributed by atoms with Gasteiger partial charge in [-0.15, -0.1) is 0 Å². The van der Waals surface area contributed by atoms with Crippen LogP contribution in [0.15, 0.2) is 0 Å². The monoisotopic (exact) mass is 198 g/mol. The second-order valence-electron chi connectivity index (χ2n) is 5.90. The first-order chi connectivity index (χ1) is 6.33. The molecule has 0 radical (unpaired) electrons. The van der Waals surface area contributed by atoms with E-state index in [0.29, 0.717) is 0 Å². The van der Waals surface area contributed by atoms with E-state index in [2.05, 4.69) is 39.5 Å². The Morgan fingerprint density at radius 3 is 2.36 bits per heavy atom. The van der Waals surface area contributed by atoms with Crippen LogP contribution in [0, 0.1) is 11.3 Å². The van der Waals surface area contributed by atoms with Crippen molar-refractivity contribution in [1.29, 1.82) is 0 Å². The molecule has 0 amide bonds. The van der Waals surface area contributed by atoms with Gasteiger partial charge in [0.15, 0.2) is 0 Å². The third-order valence-electron chi connectivity index (χ3n) is 3.76. The van der Waals surface area contributed by atoms with Gasteiger partial charge in [-0.2, -0.15) is 0 Å². The maximum absolute atomic E-state index is 6.00. The zero-order chi connectivity index (χ0) is 10.9. The van der Waals surface area contributed by atoms with Gasteiger partial charge in [-0.25, -0.2) is 0 Å². The number of nitrogens with zero attached hydrogens (tertiary/aromatic N) is 1. The van der Waals surface area contributed by atoms with E-state index < -0.39 is 0 Å². The van der Waals surface area contributed by atoms with Gasteiger partial charge in [0.05, 0.1) is 0 Å². The van der Waals surface area contributed by atoms with Crippen LogP contribution in [0.3, 0.4) is 0 Å². The Balaban J connectivity index is 2.52. The average molecular weight is 198 g/mol. The third kappa shape index (κ3) is 2.71. The van der Waals surface area contributed by atoms with Crippen LogP contribution in [0.5, 0.6) is 0 Å². The van der Waals surface area contributed by atoms with Crippen LogP contribution in [0.25, 0.3) is 0 Å². The highest BCUT2D eigenvalue weighted by molar-refractivity contribution is 4.87. The molecule has 0 aliphatic carbocycles. The van der Waals surface area contributed by atoms with Crippen molar-refractivity contribution in [3.8, 4) is 0 Å². The van der Waals surface area contributed by atoms with Gasteiger partial charge in [0.2, 0.25) is 0 Å². The molecule has 0 aromatic rings. The Labute approximate surface area is 88.8 Å². The normalized spacial score (nSPS) is 32.1. The summed E-state index contributed by atoms with van der Waals surface area (Å²) in [6.45, 7) is 13.7. The summed E-state index contributed by atoms with van der Waals surface area (Å²) in [4.78, 5) is 2.59. The molecule has 0 aromatic heterocycles. The van der Waals surface area contributed by atoms with Gasteiger partial charge in [0.1, 0.15) is 0 Å². The molecule has 3 atom stereocenters. The van der Waals surface area contributed by atoms with Crippen LogP contribution >= 0.6 is 0 Å². The zero-order valence-corrected chi connectivity index (χ0v) is 10.4. The molecule has 1 aliphatic rings. The van der Waals surface area contributed by atoms with Gasteiger partial charge in [0.25, 0.3) is 0 Å². The molecule has 2 nitrogen and oxygen atoms in total. The second-order valence-corrected chi connectivity index (χ2v) is 5.90. The summed E-state index contributed by atoms with van der Waals surface area (Å²) in [5.74, 6) is 0.855. The van der Waals surface area contributed by atoms with Crippen molar-refractivity contribution in [2.75, 3.05) is 13.1 Å². The zero-order valence-electron chi connectivity index (χ0n) is 10.4. The van der Waals surface area contributed by atoms with Crippen LogP contribution in [-0.2, 0) is 0 Å². The minimum atomic E-state index is 0.234. The van der Waals surface area contributed by atoms with Crippen LogP contribution in [0.4, 0.5) is 0 Å². The maximum Gasteiger partial charge on any atom is 0.00739 e. The lowest BCUT2D eigenvalue weighted by Crippen LogP contribution is -2.45. The number of nitrogens with two attached hydrogens (primary N) is 1. The predicted octanol–water partition coefficient (Wildman–Crippen LogP) is 2.09. The highest BCUT2D eigenvalue weighted by Crippen LogP contribution is 2.28. The molecule has 0 aromatic carbocycles. The van der Waals surface area contributed by atoms with Crippen molar-refractivity contribution in [2.24, 2.45) is 17.1 Å². The molecule has 0 saturated carbocycles. The van der Waals surface area contributed by atoms with E-state index >= 15 is 0 Å². The molecule has 1 aliphatic heterocycles. The lowest BCUT2D eigenvalue weighted by molar-refractivity contribution is 0.151. The molecular formula is C12H26N2. The lowest BCUT2D eigenvalue weighted by Gasteiger charge is -2.35. The summed E-state index contributed by atoms with van der Waals surface area (Å²) in [7, 11) is 0. The topological polar surface area (TPSA) is 29.3 Å². The largest absolute Gasteiger partial charge is 0.327 e. The highest BCUT2D eigenvalue weighted by atomic mass is 15.2. The Morgan fingerprint density at radius 1 is 1.43 bits per heavy atom. The molecule has 1 fully saturated rings. The summed E-state index contributed by atoms with van der Waals surface area (Å²) in [5, 5.41) is 0. The van der Waals surface area contributed by atoms with Gasteiger partial charge in [-0.1, -0.05) is 20.8 Å². The van der Waals surface area contributed by atoms with Crippen molar-refractivity contribution in [3.05, 3.63) is 0 Å². The number of hydrogen-bond donors (Lipinski definition) is 1. The Bertz CT molecular complexity index is 187. The molecule has 1 heterocycles. The van der Waals surface area contributed by atoms with Gasteiger partial charge in [-0.05, 0) is 31.6 Å². The quantitative estimate of drug-likeness (QED) is 0.752. The van der Waals surface area contributed by atoms with E-state index in [1.807, 2.05) is 0 Å².